The molecule has 0 unspecified atom stereocenters. The van der Waals surface area contributed by atoms with Gasteiger partial charge >= 0.3 is 6.03 Å². The Bertz CT molecular complexity index is 822. The number of carbonyl (C=O) groups is 3. The van der Waals surface area contributed by atoms with E-state index in [1.165, 1.54) is 0 Å². The Kier molecular flexibility index (Phi) is 7.37. The van der Waals surface area contributed by atoms with Gasteiger partial charge in [-0.1, -0.05) is 32.3 Å². The largest absolute Gasteiger partial charge is 0.493 e. The van der Waals surface area contributed by atoms with Crippen LogP contribution in [0.1, 0.15) is 51.5 Å². The van der Waals surface area contributed by atoms with E-state index in [0.717, 1.165) is 29.8 Å². The summed E-state index contributed by atoms with van der Waals surface area (Å²) >= 11 is 0. The molecule has 4 amide bonds. The van der Waals surface area contributed by atoms with E-state index in [1.54, 1.807) is 7.11 Å². The Morgan fingerprint density at radius 3 is 2.58 bits per heavy atom. The number of rotatable bonds is 9. The number of methoxy groups -OCH3 is 1. The summed E-state index contributed by atoms with van der Waals surface area (Å²) in [4.78, 5) is 39.7. The predicted octanol–water partition coefficient (Wildman–Crippen LogP) is 2.20. The minimum atomic E-state index is -0.855. The van der Waals surface area contributed by atoms with Crippen LogP contribution < -0.4 is 20.2 Å². The van der Waals surface area contributed by atoms with Gasteiger partial charge in [-0.2, -0.15) is 5.01 Å². The molecule has 0 atom stereocenters. The Hall–Kier alpha value is -2.81. The standard InChI is InChI=1S/C22H32N4O5/c1-4-25(14-16-9-10-17(31-5-2)18(13-16)30-3)15-19(27)24-26-20(28)22(23-21(26)29)11-7-6-8-12-22/h9-10,13H,4-8,11-12,14-15H2,1-3H3,(H,23,29)(H,24,27). The number of urea groups is 1. The molecule has 31 heavy (non-hydrogen) atoms. The van der Waals surface area contributed by atoms with Crippen LogP contribution in [0.15, 0.2) is 18.2 Å². The number of nitrogens with zero attached hydrogens (tertiary/aromatic N) is 2. The van der Waals surface area contributed by atoms with E-state index in [0.29, 0.717) is 44.0 Å². The van der Waals surface area contributed by atoms with Crippen LogP contribution in [0.3, 0.4) is 0 Å². The van der Waals surface area contributed by atoms with Crippen molar-refractivity contribution < 1.29 is 23.9 Å². The van der Waals surface area contributed by atoms with Crippen LogP contribution in [0.25, 0.3) is 0 Å². The number of carbonyl (C=O) groups excluding carboxylic acids is 3. The molecular formula is C22H32N4O5. The number of likely N-dealkylation sites (N-methyl/N-ethyl adjacent to an activating group) is 1. The summed E-state index contributed by atoms with van der Waals surface area (Å²) in [6.07, 6.45) is 4.07. The summed E-state index contributed by atoms with van der Waals surface area (Å²) in [6.45, 7) is 5.58. The molecule has 2 aliphatic rings. The minimum Gasteiger partial charge on any atom is -0.493 e. The maximum Gasteiger partial charge on any atom is 0.344 e. The predicted molar refractivity (Wildman–Crippen MR) is 114 cm³/mol. The van der Waals surface area contributed by atoms with Gasteiger partial charge in [0, 0.05) is 6.54 Å². The van der Waals surface area contributed by atoms with Crippen LogP contribution in [0.5, 0.6) is 11.5 Å². The fourth-order valence-corrected chi connectivity index (χ4v) is 4.20. The molecule has 1 aromatic carbocycles. The quantitative estimate of drug-likeness (QED) is 0.581. The Labute approximate surface area is 183 Å². The Morgan fingerprint density at radius 2 is 1.94 bits per heavy atom. The lowest BCUT2D eigenvalue weighted by Gasteiger charge is -2.30. The smallest absolute Gasteiger partial charge is 0.344 e. The van der Waals surface area contributed by atoms with Crippen molar-refractivity contribution in [2.45, 2.75) is 58.0 Å². The van der Waals surface area contributed by atoms with Gasteiger partial charge < -0.3 is 14.8 Å². The van der Waals surface area contributed by atoms with Gasteiger partial charge in [-0.05, 0) is 44.0 Å². The lowest BCUT2D eigenvalue weighted by atomic mass is 9.82. The SMILES string of the molecule is CCOc1ccc(CN(CC)CC(=O)NN2C(=O)NC3(CCCCC3)C2=O)cc1OC. The van der Waals surface area contributed by atoms with E-state index in [4.69, 9.17) is 9.47 Å². The molecule has 170 valence electrons. The molecule has 9 heteroatoms. The molecule has 1 aliphatic heterocycles. The highest BCUT2D eigenvalue weighted by atomic mass is 16.5. The zero-order valence-corrected chi connectivity index (χ0v) is 18.5. The first-order valence-corrected chi connectivity index (χ1v) is 10.9. The van der Waals surface area contributed by atoms with Crippen LogP contribution in [0, 0.1) is 0 Å². The lowest BCUT2D eigenvalue weighted by molar-refractivity contribution is -0.140. The summed E-state index contributed by atoms with van der Waals surface area (Å²) < 4.78 is 10.9. The molecule has 1 saturated carbocycles. The van der Waals surface area contributed by atoms with Crippen molar-refractivity contribution in [3.63, 3.8) is 0 Å². The molecule has 2 fully saturated rings. The minimum absolute atomic E-state index is 0.0517. The number of hydrogen-bond donors (Lipinski definition) is 2. The molecule has 0 radical (unpaired) electrons. The van der Waals surface area contributed by atoms with Crippen molar-refractivity contribution in [3.05, 3.63) is 23.8 Å². The highest BCUT2D eigenvalue weighted by Crippen LogP contribution is 2.33. The van der Waals surface area contributed by atoms with Gasteiger partial charge in [0.05, 0.1) is 20.3 Å². The number of ether oxygens (including phenoxy) is 2. The van der Waals surface area contributed by atoms with Crippen molar-refractivity contribution in [1.29, 1.82) is 0 Å². The average Bonchev–Trinajstić information content (AvgIpc) is 2.98. The molecule has 1 saturated heterocycles. The summed E-state index contributed by atoms with van der Waals surface area (Å²) in [5, 5.41) is 3.64. The second kappa shape index (κ2) is 10.00. The Morgan fingerprint density at radius 1 is 1.19 bits per heavy atom. The van der Waals surface area contributed by atoms with E-state index < -0.39 is 17.5 Å². The number of benzene rings is 1. The van der Waals surface area contributed by atoms with Crippen LogP contribution in [0.4, 0.5) is 4.79 Å². The lowest BCUT2D eigenvalue weighted by Crippen LogP contribution is -2.52. The summed E-state index contributed by atoms with van der Waals surface area (Å²) in [6, 6.07) is 5.11. The molecule has 9 nitrogen and oxygen atoms in total. The molecular weight excluding hydrogens is 400 g/mol. The third-order valence-electron chi connectivity index (χ3n) is 5.85. The van der Waals surface area contributed by atoms with Crippen molar-refractivity contribution in [2.75, 3.05) is 26.8 Å². The third kappa shape index (κ3) is 5.10. The van der Waals surface area contributed by atoms with E-state index in [1.807, 2.05) is 36.9 Å². The zero-order chi connectivity index (χ0) is 22.4. The molecule has 3 rings (SSSR count). The van der Waals surface area contributed by atoms with Gasteiger partial charge in [-0.15, -0.1) is 0 Å². The molecule has 1 spiro atoms. The highest BCUT2D eigenvalue weighted by Gasteiger charge is 2.52. The van der Waals surface area contributed by atoms with Gasteiger partial charge in [-0.3, -0.25) is 19.9 Å². The first-order chi connectivity index (χ1) is 14.9. The number of imide groups is 1. The first kappa shape index (κ1) is 22.9. The molecule has 0 bridgehead atoms. The van der Waals surface area contributed by atoms with E-state index in [2.05, 4.69) is 10.7 Å². The number of amides is 4. The molecule has 0 aromatic heterocycles. The van der Waals surface area contributed by atoms with Crippen LogP contribution >= 0.6 is 0 Å². The number of nitrogens with one attached hydrogen (secondary N) is 2. The zero-order valence-electron chi connectivity index (χ0n) is 18.5. The van der Waals surface area contributed by atoms with Gasteiger partial charge in [0.1, 0.15) is 5.54 Å². The van der Waals surface area contributed by atoms with Crippen molar-refractivity contribution >= 4 is 17.8 Å². The van der Waals surface area contributed by atoms with Crippen molar-refractivity contribution in [2.24, 2.45) is 0 Å². The normalized spacial score (nSPS) is 17.7. The Balaban J connectivity index is 1.60. The molecule has 2 N–H and O–H groups in total. The van der Waals surface area contributed by atoms with E-state index in [9.17, 15) is 14.4 Å². The number of hydrogen-bond acceptors (Lipinski definition) is 6. The van der Waals surface area contributed by atoms with Gasteiger partial charge in [-0.25, -0.2) is 4.79 Å². The van der Waals surface area contributed by atoms with Gasteiger partial charge in [0.25, 0.3) is 11.8 Å². The molecule has 1 aromatic rings. The van der Waals surface area contributed by atoms with Crippen LogP contribution in [-0.2, 0) is 16.1 Å². The van der Waals surface area contributed by atoms with E-state index >= 15 is 0 Å². The second-order valence-electron chi connectivity index (χ2n) is 7.97. The topological polar surface area (TPSA) is 100 Å². The summed E-state index contributed by atoms with van der Waals surface area (Å²) in [5.74, 6) is 0.544. The monoisotopic (exact) mass is 432 g/mol. The fourth-order valence-electron chi connectivity index (χ4n) is 4.20. The van der Waals surface area contributed by atoms with Crippen LogP contribution in [0.2, 0.25) is 0 Å². The highest BCUT2D eigenvalue weighted by molar-refractivity contribution is 6.08. The van der Waals surface area contributed by atoms with Crippen molar-refractivity contribution in [1.82, 2.24) is 20.7 Å². The maximum absolute atomic E-state index is 12.8. The summed E-state index contributed by atoms with van der Waals surface area (Å²) in [7, 11) is 1.59. The van der Waals surface area contributed by atoms with Crippen LogP contribution in [-0.4, -0.2) is 60.1 Å². The molecule has 1 heterocycles. The molecule has 1 aliphatic carbocycles. The third-order valence-corrected chi connectivity index (χ3v) is 5.85. The van der Waals surface area contributed by atoms with Crippen molar-refractivity contribution in [3.8, 4) is 11.5 Å². The average molecular weight is 433 g/mol. The number of hydrazine groups is 1. The first-order valence-electron chi connectivity index (χ1n) is 10.9. The summed E-state index contributed by atoms with van der Waals surface area (Å²) in [5.41, 5.74) is 2.60. The second-order valence-corrected chi connectivity index (χ2v) is 7.97. The van der Waals surface area contributed by atoms with Gasteiger partial charge in [0.15, 0.2) is 11.5 Å². The van der Waals surface area contributed by atoms with E-state index in [-0.39, 0.29) is 12.5 Å². The van der Waals surface area contributed by atoms with Gasteiger partial charge in [0.2, 0.25) is 0 Å². The fraction of sp³-hybridized carbons (Fsp3) is 0.591. The maximum atomic E-state index is 12.8.